The van der Waals surface area contributed by atoms with Crippen molar-refractivity contribution in [2.45, 2.75) is 38.1 Å². The summed E-state index contributed by atoms with van der Waals surface area (Å²) >= 11 is 0. The minimum absolute atomic E-state index is 0.0879. The zero-order chi connectivity index (χ0) is 12.1. The van der Waals surface area contributed by atoms with Crippen LogP contribution in [0.15, 0.2) is 30.3 Å². The Kier molecular flexibility index (Phi) is 4.02. The molecule has 0 amide bonds. The van der Waals surface area contributed by atoms with E-state index < -0.39 is 10.2 Å². The Balaban J connectivity index is 1.94. The van der Waals surface area contributed by atoms with E-state index in [0.717, 1.165) is 25.7 Å². The van der Waals surface area contributed by atoms with Gasteiger partial charge in [0.15, 0.2) is 0 Å². The van der Waals surface area contributed by atoms with Crippen molar-refractivity contribution in [3.05, 3.63) is 30.3 Å². The molecule has 0 aromatic heterocycles. The van der Waals surface area contributed by atoms with Crippen LogP contribution >= 0.6 is 0 Å². The van der Waals surface area contributed by atoms with Crippen molar-refractivity contribution in [1.29, 1.82) is 0 Å². The molecule has 0 bridgehead atoms. The Hall–Kier alpha value is -1.07. The maximum atomic E-state index is 11.8. The summed E-state index contributed by atoms with van der Waals surface area (Å²) in [6, 6.07) is 9.02. The van der Waals surface area contributed by atoms with Gasteiger partial charge in [-0.05, 0) is 25.0 Å². The van der Waals surface area contributed by atoms with Crippen LogP contribution < -0.4 is 9.44 Å². The Labute approximate surface area is 103 Å². The van der Waals surface area contributed by atoms with Gasteiger partial charge in [-0.2, -0.15) is 13.1 Å². The van der Waals surface area contributed by atoms with Gasteiger partial charge in [-0.25, -0.2) is 0 Å². The lowest BCUT2D eigenvalue weighted by molar-refractivity contribution is 0.413. The van der Waals surface area contributed by atoms with Crippen molar-refractivity contribution in [2.75, 3.05) is 4.72 Å². The lowest BCUT2D eigenvalue weighted by Gasteiger charge is -2.22. The fraction of sp³-hybridized carbons (Fsp3) is 0.500. The Morgan fingerprint density at radius 3 is 2.29 bits per heavy atom. The summed E-state index contributed by atoms with van der Waals surface area (Å²) in [5, 5.41) is 0. The number of benzene rings is 1. The van der Waals surface area contributed by atoms with Crippen LogP contribution in [0.3, 0.4) is 0 Å². The van der Waals surface area contributed by atoms with Crippen LogP contribution in [0.2, 0.25) is 0 Å². The minimum atomic E-state index is -3.43. The van der Waals surface area contributed by atoms with Crippen molar-refractivity contribution < 1.29 is 8.42 Å². The molecular formula is C12H18N2O2S. The van der Waals surface area contributed by atoms with E-state index in [-0.39, 0.29) is 6.04 Å². The molecule has 1 saturated carbocycles. The van der Waals surface area contributed by atoms with Gasteiger partial charge in [0.05, 0.1) is 0 Å². The van der Waals surface area contributed by atoms with Crippen molar-refractivity contribution in [2.24, 2.45) is 0 Å². The number of anilines is 1. The summed E-state index contributed by atoms with van der Waals surface area (Å²) in [6.07, 6.45) is 5.31. The van der Waals surface area contributed by atoms with Crippen LogP contribution in [0.4, 0.5) is 5.69 Å². The molecule has 1 aromatic carbocycles. The average molecular weight is 254 g/mol. The van der Waals surface area contributed by atoms with Crippen LogP contribution in [-0.2, 0) is 10.2 Å². The molecule has 0 unspecified atom stereocenters. The van der Waals surface area contributed by atoms with Crippen LogP contribution in [0.5, 0.6) is 0 Å². The van der Waals surface area contributed by atoms with Gasteiger partial charge in [-0.1, -0.05) is 37.5 Å². The van der Waals surface area contributed by atoms with Gasteiger partial charge in [-0.3, -0.25) is 4.72 Å². The Bertz CT molecular complexity index is 439. The van der Waals surface area contributed by atoms with Gasteiger partial charge in [0.1, 0.15) is 0 Å². The normalized spacial score (nSPS) is 17.9. The second-order valence-electron chi connectivity index (χ2n) is 4.42. The first-order chi connectivity index (χ1) is 8.16. The van der Waals surface area contributed by atoms with E-state index in [1.165, 1.54) is 6.42 Å². The quantitative estimate of drug-likeness (QED) is 0.866. The van der Waals surface area contributed by atoms with E-state index in [2.05, 4.69) is 9.44 Å². The highest BCUT2D eigenvalue weighted by Crippen LogP contribution is 2.18. The predicted octanol–water partition coefficient (Wildman–Crippen LogP) is 2.27. The Morgan fingerprint density at radius 1 is 1.00 bits per heavy atom. The topological polar surface area (TPSA) is 58.2 Å². The van der Waals surface area contributed by atoms with Crippen molar-refractivity contribution in [1.82, 2.24) is 4.72 Å². The molecule has 2 N–H and O–H groups in total. The third-order valence-corrected chi connectivity index (χ3v) is 4.10. The van der Waals surface area contributed by atoms with E-state index in [1.807, 2.05) is 6.07 Å². The molecular weight excluding hydrogens is 236 g/mol. The lowest BCUT2D eigenvalue weighted by atomic mass is 9.96. The molecule has 0 radical (unpaired) electrons. The zero-order valence-corrected chi connectivity index (χ0v) is 10.5. The van der Waals surface area contributed by atoms with Gasteiger partial charge < -0.3 is 0 Å². The summed E-state index contributed by atoms with van der Waals surface area (Å²) < 4.78 is 28.9. The number of hydrogen-bond donors (Lipinski definition) is 2. The van der Waals surface area contributed by atoms with Crippen LogP contribution in [0.25, 0.3) is 0 Å². The predicted molar refractivity (Wildman–Crippen MR) is 69.0 cm³/mol. The van der Waals surface area contributed by atoms with E-state index in [1.54, 1.807) is 24.3 Å². The SMILES string of the molecule is O=S(=O)(Nc1ccccc1)NC1CCCCC1. The molecule has 0 atom stereocenters. The smallest absolute Gasteiger partial charge is 0.271 e. The lowest BCUT2D eigenvalue weighted by Crippen LogP contribution is -2.39. The highest BCUT2D eigenvalue weighted by atomic mass is 32.2. The van der Waals surface area contributed by atoms with Gasteiger partial charge >= 0.3 is 0 Å². The maximum absolute atomic E-state index is 11.8. The minimum Gasteiger partial charge on any atom is -0.271 e. The molecule has 2 rings (SSSR count). The first kappa shape index (κ1) is 12.4. The molecule has 1 aliphatic rings. The first-order valence-electron chi connectivity index (χ1n) is 6.01. The highest BCUT2D eigenvalue weighted by Gasteiger charge is 2.19. The average Bonchev–Trinajstić information content (AvgIpc) is 2.30. The molecule has 0 spiro atoms. The van der Waals surface area contributed by atoms with Crippen LogP contribution in [0, 0.1) is 0 Å². The second kappa shape index (κ2) is 5.51. The number of rotatable bonds is 4. The fourth-order valence-corrected chi connectivity index (χ4v) is 3.31. The summed E-state index contributed by atoms with van der Waals surface area (Å²) in [7, 11) is -3.43. The molecule has 1 aromatic rings. The molecule has 0 aliphatic heterocycles. The monoisotopic (exact) mass is 254 g/mol. The molecule has 0 saturated heterocycles. The molecule has 1 fully saturated rings. The van der Waals surface area contributed by atoms with Crippen molar-refractivity contribution in [3.63, 3.8) is 0 Å². The third-order valence-electron chi connectivity index (χ3n) is 2.95. The summed E-state index contributed by atoms with van der Waals surface area (Å²) in [6.45, 7) is 0. The number of nitrogens with one attached hydrogen (secondary N) is 2. The summed E-state index contributed by atoms with van der Waals surface area (Å²) in [5.41, 5.74) is 0.593. The molecule has 1 aliphatic carbocycles. The molecule has 4 nitrogen and oxygen atoms in total. The van der Waals surface area contributed by atoms with Gasteiger partial charge in [-0.15, -0.1) is 0 Å². The summed E-state index contributed by atoms with van der Waals surface area (Å²) in [4.78, 5) is 0. The Morgan fingerprint density at radius 2 is 1.65 bits per heavy atom. The van der Waals surface area contributed by atoms with E-state index in [9.17, 15) is 8.42 Å². The van der Waals surface area contributed by atoms with Crippen molar-refractivity contribution >= 4 is 15.9 Å². The molecule has 0 heterocycles. The van der Waals surface area contributed by atoms with Gasteiger partial charge in [0.2, 0.25) is 0 Å². The fourth-order valence-electron chi connectivity index (χ4n) is 2.13. The van der Waals surface area contributed by atoms with Crippen molar-refractivity contribution in [3.8, 4) is 0 Å². The maximum Gasteiger partial charge on any atom is 0.299 e. The van der Waals surface area contributed by atoms with Gasteiger partial charge in [0, 0.05) is 11.7 Å². The highest BCUT2D eigenvalue weighted by molar-refractivity contribution is 7.90. The van der Waals surface area contributed by atoms with Gasteiger partial charge in [0.25, 0.3) is 10.2 Å². The molecule has 17 heavy (non-hydrogen) atoms. The zero-order valence-electron chi connectivity index (χ0n) is 9.72. The van der Waals surface area contributed by atoms with Crippen LogP contribution in [-0.4, -0.2) is 14.5 Å². The number of para-hydroxylation sites is 1. The standard InChI is InChI=1S/C12H18N2O2S/c15-17(16,13-11-7-3-1-4-8-11)14-12-9-5-2-6-10-12/h1,3-4,7-8,12-14H,2,5-6,9-10H2. The van der Waals surface area contributed by atoms with Crippen LogP contribution in [0.1, 0.15) is 32.1 Å². The van der Waals surface area contributed by atoms with E-state index in [4.69, 9.17) is 0 Å². The number of hydrogen-bond acceptors (Lipinski definition) is 2. The first-order valence-corrected chi connectivity index (χ1v) is 7.49. The summed E-state index contributed by atoms with van der Waals surface area (Å²) in [5.74, 6) is 0. The molecule has 5 heteroatoms. The second-order valence-corrected chi connectivity index (χ2v) is 5.87. The van der Waals surface area contributed by atoms with E-state index in [0.29, 0.717) is 5.69 Å². The third kappa shape index (κ3) is 4.02. The molecule has 94 valence electrons. The largest absolute Gasteiger partial charge is 0.299 e. The van der Waals surface area contributed by atoms with E-state index >= 15 is 0 Å².